The molecular weight excluding hydrogens is 476 g/mol. The van der Waals surface area contributed by atoms with Crippen molar-refractivity contribution in [2.75, 3.05) is 46.4 Å². The first-order chi connectivity index (χ1) is 18.5. The number of carbonyl (C=O) groups is 2. The molecule has 0 unspecified atom stereocenters. The number of ether oxygens (including phenoxy) is 2. The van der Waals surface area contributed by atoms with Gasteiger partial charge in [-0.2, -0.15) is 0 Å². The van der Waals surface area contributed by atoms with Crippen molar-refractivity contribution >= 4 is 11.6 Å². The minimum Gasteiger partial charge on any atom is -0.493 e. The van der Waals surface area contributed by atoms with Crippen molar-refractivity contribution in [2.45, 2.75) is 71.8 Å². The molecule has 1 fully saturated rings. The van der Waals surface area contributed by atoms with E-state index in [4.69, 9.17) is 9.47 Å². The first-order valence-electron chi connectivity index (χ1n) is 14.6. The molecule has 0 saturated carbocycles. The zero-order valence-corrected chi connectivity index (χ0v) is 23.5. The van der Waals surface area contributed by atoms with E-state index in [0.29, 0.717) is 47.0 Å². The van der Waals surface area contributed by atoms with Crippen LogP contribution in [0.5, 0.6) is 11.5 Å². The van der Waals surface area contributed by atoms with E-state index in [9.17, 15) is 9.59 Å². The Labute approximate surface area is 228 Å². The molecule has 2 aliphatic rings. The van der Waals surface area contributed by atoms with Crippen molar-refractivity contribution in [3.05, 3.63) is 58.1 Å². The molecule has 0 amide bonds. The van der Waals surface area contributed by atoms with Crippen LogP contribution in [0.2, 0.25) is 0 Å². The highest BCUT2D eigenvalue weighted by Gasteiger charge is 2.35. The first kappa shape index (κ1) is 28.3. The molecule has 38 heavy (non-hydrogen) atoms. The van der Waals surface area contributed by atoms with Crippen molar-refractivity contribution < 1.29 is 19.1 Å². The second-order valence-corrected chi connectivity index (χ2v) is 10.8. The summed E-state index contributed by atoms with van der Waals surface area (Å²) in [6.45, 7) is 10.2. The first-order valence-corrected chi connectivity index (χ1v) is 14.6. The number of piperazine rings is 1. The average Bonchev–Trinajstić information content (AvgIpc) is 2.92. The summed E-state index contributed by atoms with van der Waals surface area (Å²) in [7, 11) is 2.14. The van der Waals surface area contributed by atoms with Gasteiger partial charge in [-0.15, -0.1) is 0 Å². The van der Waals surface area contributed by atoms with Gasteiger partial charge in [0.25, 0.3) is 0 Å². The predicted octanol–water partition coefficient (Wildman–Crippen LogP) is 6.13. The summed E-state index contributed by atoms with van der Waals surface area (Å²) >= 11 is 0. The molecular formula is C32H44N2O4. The van der Waals surface area contributed by atoms with E-state index < -0.39 is 0 Å². The third-order valence-corrected chi connectivity index (χ3v) is 7.64. The number of hydrogen-bond acceptors (Lipinski definition) is 6. The highest BCUT2D eigenvalue weighted by atomic mass is 16.5. The van der Waals surface area contributed by atoms with Crippen LogP contribution >= 0.6 is 0 Å². The van der Waals surface area contributed by atoms with Crippen molar-refractivity contribution in [3.8, 4) is 11.5 Å². The Morgan fingerprint density at radius 1 is 0.711 bits per heavy atom. The fourth-order valence-electron chi connectivity index (χ4n) is 5.32. The number of fused-ring (bicyclic) bond motifs is 2. The molecule has 6 nitrogen and oxygen atoms in total. The van der Waals surface area contributed by atoms with Gasteiger partial charge in [0.05, 0.1) is 24.3 Å². The van der Waals surface area contributed by atoms with E-state index in [-0.39, 0.29) is 11.6 Å². The summed E-state index contributed by atoms with van der Waals surface area (Å²) in [5.41, 5.74) is 2.67. The van der Waals surface area contributed by atoms with Crippen LogP contribution in [0, 0.1) is 0 Å². The van der Waals surface area contributed by atoms with Gasteiger partial charge in [-0.1, -0.05) is 64.5 Å². The van der Waals surface area contributed by atoms with Crippen molar-refractivity contribution in [2.24, 2.45) is 0 Å². The molecule has 2 aromatic carbocycles. The molecule has 0 atom stereocenters. The molecule has 6 heteroatoms. The third-order valence-electron chi connectivity index (χ3n) is 7.64. The monoisotopic (exact) mass is 520 g/mol. The Morgan fingerprint density at radius 3 is 2.00 bits per heavy atom. The number of likely N-dealkylation sites (N-methyl/N-ethyl adjacent to an activating group) is 1. The minimum atomic E-state index is -0.173. The summed E-state index contributed by atoms with van der Waals surface area (Å²) in [6, 6.07) is 9.28. The summed E-state index contributed by atoms with van der Waals surface area (Å²) < 4.78 is 12.3. The van der Waals surface area contributed by atoms with E-state index in [1.54, 1.807) is 6.07 Å². The second-order valence-electron chi connectivity index (χ2n) is 10.8. The number of carbonyl (C=O) groups excluding carboxylic acids is 2. The zero-order valence-electron chi connectivity index (χ0n) is 23.5. The summed E-state index contributed by atoms with van der Waals surface area (Å²) in [5, 5.41) is 0. The van der Waals surface area contributed by atoms with E-state index in [2.05, 4.69) is 30.7 Å². The molecule has 0 bridgehead atoms. The number of rotatable bonds is 14. The second kappa shape index (κ2) is 13.9. The number of nitrogens with zero attached hydrogens (tertiary/aromatic N) is 2. The smallest absolute Gasteiger partial charge is 0.201 e. The molecule has 1 saturated heterocycles. The normalized spacial score (nSPS) is 15.9. The van der Waals surface area contributed by atoms with Gasteiger partial charge in [0.1, 0.15) is 11.5 Å². The number of unbranched alkanes of at least 4 members (excludes halogenated alkanes) is 6. The Morgan fingerprint density at radius 2 is 1.34 bits per heavy atom. The fourth-order valence-corrected chi connectivity index (χ4v) is 5.32. The largest absolute Gasteiger partial charge is 0.493 e. The lowest BCUT2D eigenvalue weighted by molar-refractivity contribution is 0.0971. The van der Waals surface area contributed by atoms with E-state index in [0.717, 1.165) is 89.7 Å². The van der Waals surface area contributed by atoms with Gasteiger partial charge >= 0.3 is 0 Å². The van der Waals surface area contributed by atoms with Crippen LogP contribution in [0.4, 0.5) is 0 Å². The molecule has 206 valence electrons. The van der Waals surface area contributed by atoms with Gasteiger partial charge in [0, 0.05) is 43.9 Å². The summed E-state index contributed by atoms with van der Waals surface area (Å²) in [6.07, 6.45) is 8.67. The zero-order chi connectivity index (χ0) is 26.9. The van der Waals surface area contributed by atoms with Crippen LogP contribution in [0.15, 0.2) is 30.3 Å². The maximum atomic E-state index is 14.0. The highest BCUT2D eigenvalue weighted by molar-refractivity contribution is 6.30. The van der Waals surface area contributed by atoms with Crippen molar-refractivity contribution in [3.63, 3.8) is 0 Å². The van der Waals surface area contributed by atoms with Gasteiger partial charge in [0.15, 0.2) is 5.78 Å². The van der Waals surface area contributed by atoms with Gasteiger partial charge < -0.3 is 14.4 Å². The minimum absolute atomic E-state index is 0.123. The van der Waals surface area contributed by atoms with Crippen LogP contribution in [0.25, 0.3) is 0 Å². The van der Waals surface area contributed by atoms with E-state index >= 15 is 0 Å². The standard InChI is InChI=1S/C32H44N2O4/c1-4-6-8-10-19-37-27-14-12-13-25-29(27)32(36)30-26(31(25)35)21-24(23-34-17-15-33(3)16-18-34)22-28(30)38-20-11-9-7-5-2/h12-14,21-22H,4-11,15-20,23H2,1-3H3. The molecule has 1 aliphatic carbocycles. The van der Waals surface area contributed by atoms with E-state index in [1.165, 1.54) is 0 Å². The lowest BCUT2D eigenvalue weighted by Crippen LogP contribution is -2.43. The summed E-state index contributed by atoms with van der Waals surface area (Å²) in [5.74, 6) is 0.735. The number of hydrogen-bond donors (Lipinski definition) is 0. The van der Waals surface area contributed by atoms with Gasteiger partial charge in [-0.05, 0) is 43.7 Å². The Balaban J connectivity index is 1.62. The van der Waals surface area contributed by atoms with E-state index in [1.807, 2.05) is 24.3 Å². The van der Waals surface area contributed by atoms with Crippen LogP contribution in [0.1, 0.15) is 103 Å². The molecule has 2 aromatic rings. The quantitative estimate of drug-likeness (QED) is 0.238. The van der Waals surface area contributed by atoms with Crippen LogP contribution in [-0.4, -0.2) is 67.8 Å². The molecule has 0 radical (unpaired) electrons. The van der Waals surface area contributed by atoms with Crippen LogP contribution in [0.3, 0.4) is 0 Å². The maximum Gasteiger partial charge on any atom is 0.201 e. The Hall–Kier alpha value is -2.70. The lowest BCUT2D eigenvalue weighted by Gasteiger charge is -2.32. The predicted molar refractivity (Wildman–Crippen MR) is 152 cm³/mol. The van der Waals surface area contributed by atoms with Gasteiger partial charge in [0.2, 0.25) is 5.78 Å². The third kappa shape index (κ3) is 6.83. The van der Waals surface area contributed by atoms with Gasteiger partial charge in [-0.3, -0.25) is 14.5 Å². The van der Waals surface area contributed by atoms with Crippen LogP contribution < -0.4 is 9.47 Å². The number of ketones is 2. The Bertz CT molecular complexity index is 1100. The topological polar surface area (TPSA) is 59.1 Å². The van der Waals surface area contributed by atoms with Crippen LogP contribution in [-0.2, 0) is 6.54 Å². The van der Waals surface area contributed by atoms with Gasteiger partial charge in [-0.25, -0.2) is 0 Å². The van der Waals surface area contributed by atoms with Crippen molar-refractivity contribution in [1.29, 1.82) is 0 Å². The molecule has 0 spiro atoms. The fraction of sp³-hybridized carbons (Fsp3) is 0.562. The SMILES string of the molecule is CCCCCCOc1cccc2c1C(=O)c1c(OCCCCCC)cc(CN3CCN(C)CC3)cc1C2=O. The molecule has 0 N–H and O–H groups in total. The Kier molecular flexibility index (Phi) is 10.4. The molecule has 1 heterocycles. The highest BCUT2D eigenvalue weighted by Crippen LogP contribution is 2.38. The molecule has 1 aliphatic heterocycles. The molecule has 4 rings (SSSR count). The van der Waals surface area contributed by atoms with Crippen molar-refractivity contribution in [1.82, 2.24) is 9.80 Å². The number of benzene rings is 2. The molecule has 0 aromatic heterocycles. The summed E-state index contributed by atoms with van der Waals surface area (Å²) in [4.78, 5) is 32.5. The lowest BCUT2D eigenvalue weighted by atomic mass is 9.82. The average molecular weight is 521 g/mol. The maximum absolute atomic E-state index is 14.0.